The van der Waals surface area contributed by atoms with E-state index in [1.165, 1.54) is 0 Å². The Hall–Kier alpha value is -3.15. The van der Waals surface area contributed by atoms with Gasteiger partial charge in [0.2, 0.25) is 5.91 Å². The summed E-state index contributed by atoms with van der Waals surface area (Å²) < 4.78 is 4.93. The summed E-state index contributed by atoms with van der Waals surface area (Å²) in [6.45, 7) is 3.41. The largest absolute Gasteiger partial charge is 0.456 e. The summed E-state index contributed by atoms with van der Waals surface area (Å²) in [4.78, 5) is 35.5. The van der Waals surface area contributed by atoms with Crippen LogP contribution in [0, 0.1) is 6.92 Å². The molecule has 0 unspecified atom stereocenters. The van der Waals surface area contributed by atoms with Gasteiger partial charge in [-0.05, 0) is 37.1 Å². The molecule has 1 atom stereocenters. The molecule has 0 saturated carbocycles. The maximum atomic E-state index is 11.9. The van der Waals surface area contributed by atoms with E-state index in [4.69, 9.17) is 4.74 Å². The molecule has 2 aromatic rings. The van der Waals surface area contributed by atoms with Crippen molar-refractivity contribution in [3.63, 3.8) is 0 Å². The van der Waals surface area contributed by atoms with Crippen LogP contribution >= 0.6 is 0 Å². The van der Waals surface area contributed by atoms with Crippen LogP contribution in [0.15, 0.2) is 54.6 Å². The second kappa shape index (κ2) is 10.1. The number of amides is 2. The van der Waals surface area contributed by atoms with E-state index < -0.39 is 5.97 Å². The van der Waals surface area contributed by atoms with Crippen molar-refractivity contribution in [2.75, 3.05) is 11.9 Å². The van der Waals surface area contributed by atoms with Gasteiger partial charge in [0.1, 0.15) is 0 Å². The standard InChI is InChI=1S/C21H24N2O4/c1-15-7-6-10-18(13-15)23-19(24)11-12-21(26)27-14-20(25)22-16(2)17-8-4-3-5-9-17/h3-10,13,16H,11-12,14H2,1-2H3,(H,22,25)(H,23,24)/t16-/m0/s1. The van der Waals surface area contributed by atoms with Crippen molar-refractivity contribution in [1.29, 1.82) is 0 Å². The number of aryl methyl sites for hydroxylation is 1. The van der Waals surface area contributed by atoms with Crippen molar-refractivity contribution in [1.82, 2.24) is 5.32 Å². The highest BCUT2D eigenvalue weighted by molar-refractivity contribution is 5.92. The molecule has 0 aliphatic heterocycles. The van der Waals surface area contributed by atoms with E-state index in [1.807, 2.05) is 62.4 Å². The summed E-state index contributed by atoms with van der Waals surface area (Å²) in [5, 5.41) is 5.48. The molecule has 2 aromatic carbocycles. The lowest BCUT2D eigenvalue weighted by Crippen LogP contribution is -2.31. The predicted molar refractivity (Wildman–Crippen MR) is 103 cm³/mol. The van der Waals surface area contributed by atoms with E-state index in [9.17, 15) is 14.4 Å². The summed E-state index contributed by atoms with van der Waals surface area (Å²) in [6.07, 6.45) is -0.0893. The van der Waals surface area contributed by atoms with Gasteiger partial charge < -0.3 is 15.4 Å². The van der Waals surface area contributed by atoms with E-state index in [2.05, 4.69) is 10.6 Å². The minimum Gasteiger partial charge on any atom is -0.456 e. The van der Waals surface area contributed by atoms with Crippen LogP contribution in [0.25, 0.3) is 0 Å². The third kappa shape index (κ3) is 7.32. The van der Waals surface area contributed by atoms with Crippen LogP contribution in [0.5, 0.6) is 0 Å². The van der Waals surface area contributed by atoms with Crippen LogP contribution in [0.1, 0.15) is 36.9 Å². The van der Waals surface area contributed by atoms with E-state index in [0.717, 1.165) is 11.1 Å². The number of anilines is 1. The monoisotopic (exact) mass is 368 g/mol. The second-order valence-electron chi connectivity index (χ2n) is 6.28. The van der Waals surface area contributed by atoms with Crippen molar-refractivity contribution in [2.45, 2.75) is 32.7 Å². The van der Waals surface area contributed by atoms with Gasteiger partial charge in [-0.1, -0.05) is 42.5 Å². The highest BCUT2D eigenvalue weighted by Crippen LogP contribution is 2.11. The first-order valence-electron chi connectivity index (χ1n) is 8.80. The van der Waals surface area contributed by atoms with Gasteiger partial charge in [-0.15, -0.1) is 0 Å². The Morgan fingerprint density at radius 1 is 0.963 bits per heavy atom. The second-order valence-corrected chi connectivity index (χ2v) is 6.28. The molecule has 142 valence electrons. The first kappa shape index (κ1) is 20.2. The smallest absolute Gasteiger partial charge is 0.306 e. The van der Waals surface area contributed by atoms with E-state index in [0.29, 0.717) is 5.69 Å². The van der Waals surface area contributed by atoms with Gasteiger partial charge in [0, 0.05) is 12.1 Å². The summed E-state index contributed by atoms with van der Waals surface area (Å²) in [7, 11) is 0. The number of rotatable bonds is 8. The van der Waals surface area contributed by atoms with Gasteiger partial charge in [-0.25, -0.2) is 0 Å². The number of carbonyl (C=O) groups is 3. The third-order valence-electron chi connectivity index (χ3n) is 3.90. The van der Waals surface area contributed by atoms with Crippen molar-refractivity contribution < 1.29 is 19.1 Å². The fraction of sp³-hybridized carbons (Fsp3) is 0.286. The van der Waals surface area contributed by atoms with E-state index in [-0.39, 0.29) is 37.3 Å². The zero-order valence-electron chi connectivity index (χ0n) is 15.5. The minimum atomic E-state index is -0.586. The molecule has 6 heteroatoms. The Labute approximate surface area is 158 Å². The molecule has 0 aromatic heterocycles. The highest BCUT2D eigenvalue weighted by atomic mass is 16.5. The van der Waals surface area contributed by atoms with Gasteiger partial charge in [0.05, 0.1) is 12.5 Å². The first-order chi connectivity index (χ1) is 12.9. The maximum absolute atomic E-state index is 11.9. The van der Waals surface area contributed by atoms with Crippen LogP contribution in [-0.4, -0.2) is 24.4 Å². The SMILES string of the molecule is Cc1cccc(NC(=O)CCC(=O)OCC(=O)N[C@@H](C)c2ccccc2)c1. The summed E-state index contributed by atoms with van der Waals surface area (Å²) >= 11 is 0. The Balaban J connectivity index is 1.66. The van der Waals surface area contributed by atoms with Crippen LogP contribution in [0.4, 0.5) is 5.69 Å². The molecule has 0 spiro atoms. The van der Waals surface area contributed by atoms with Gasteiger partial charge in [-0.3, -0.25) is 14.4 Å². The fourth-order valence-electron chi connectivity index (χ4n) is 2.49. The molecular formula is C21H24N2O4. The van der Waals surface area contributed by atoms with Crippen LogP contribution in [-0.2, 0) is 19.1 Å². The van der Waals surface area contributed by atoms with Crippen molar-refractivity contribution in [2.24, 2.45) is 0 Å². The molecule has 0 fully saturated rings. The molecule has 2 rings (SSSR count). The molecule has 0 saturated heterocycles. The summed E-state index contributed by atoms with van der Waals surface area (Å²) in [5.74, 6) is -1.25. The molecule has 2 amide bonds. The molecule has 0 radical (unpaired) electrons. The molecular weight excluding hydrogens is 344 g/mol. The minimum absolute atomic E-state index is 0.00515. The number of ether oxygens (including phenoxy) is 1. The number of carbonyl (C=O) groups excluding carboxylic acids is 3. The average molecular weight is 368 g/mol. The van der Waals surface area contributed by atoms with Gasteiger partial charge >= 0.3 is 5.97 Å². The molecule has 6 nitrogen and oxygen atoms in total. The van der Waals surface area contributed by atoms with Crippen molar-refractivity contribution in [3.8, 4) is 0 Å². The van der Waals surface area contributed by atoms with Gasteiger partial charge in [0.15, 0.2) is 6.61 Å². The molecule has 0 heterocycles. The summed E-state index contributed by atoms with van der Waals surface area (Å²) in [5.41, 5.74) is 2.68. The number of hydrogen-bond donors (Lipinski definition) is 2. The third-order valence-corrected chi connectivity index (χ3v) is 3.90. The number of benzene rings is 2. The van der Waals surface area contributed by atoms with Crippen LogP contribution in [0.2, 0.25) is 0 Å². The predicted octanol–water partition coefficient (Wildman–Crippen LogP) is 3.13. The fourth-order valence-corrected chi connectivity index (χ4v) is 2.49. The Morgan fingerprint density at radius 2 is 1.70 bits per heavy atom. The average Bonchev–Trinajstić information content (AvgIpc) is 2.65. The molecule has 2 N–H and O–H groups in total. The molecule has 0 aliphatic carbocycles. The Morgan fingerprint density at radius 3 is 2.41 bits per heavy atom. The van der Waals surface area contributed by atoms with E-state index >= 15 is 0 Å². The van der Waals surface area contributed by atoms with Gasteiger partial charge in [0.25, 0.3) is 5.91 Å². The van der Waals surface area contributed by atoms with Crippen LogP contribution in [0.3, 0.4) is 0 Å². The summed E-state index contributed by atoms with van der Waals surface area (Å²) in [6, 6.07) is 16.7. The van der Waals surface area contributed by atoms with Crippen molar-refractivity contribution in [3.05, 3.63) is 65.7 Å². The van der Waals surface area contributed by atoms with E-state index in [1.54, 1.807) is 6.07 Å². The molecule has 27 heavy (non-hydrogen) atoms. The van der Waals surface area contributed by atoms with Crippen molar-refractivity contribution >= 4 is 23.5 Å². The maximum Gasteiger partial charge on any atom is 0.306 e. The van der Waals surface area contributed by atoms with Gasteiger partial charge in [-0.2, -0.15) is 0 Å². The normalized spacial score (nSPS) is 11.3. The highest BCUT2D eigenvalue weighted by Gasteiger charge is 2.13. The lowest BCUT2D eigenvalue weighted by atomic mass is 10.1. The van der Waals surface area contributed by atoms with Crippen LogP contribution < -0.4 is 10.6 Å². The topological polar surface area (TPSA) is 84.5 Å². The molecule has 0 bridgehead atoms. The zero-order chi connectivity index (χ0) is 19.6. The number of nitrogens with one attached hydrogen (secondary N) is 2. The lowest BCUT2D eigenvalue weighted by molar-refractivity contribution is -0.149. The quantitative estimate of drug-likeness (QED) is 0.701. The zero-order valence-corrected chi connectivity index (χ0v) is 15.5. The number of esters is 1. The molecule has 0 aliphatic rings. The lowest BCUT2D eigenvalue weighted by Gasteiger charge is -2.14. The Bertz CT molecular complexity index is 790. The Kier molecular flexibility index (Phi) is 7.55. The number of hydrogen-bond acceptors (Lipinski definition) is 4. The first-order valence-corrected chi connectivity index (χ1v) is 8.80.